The first-order valence-electron chi connectivity index (χ1n) is 14.6. The lowest BCUT2D eigenvalue weighted by Crippen LogP contribution is -2.66. The molecule has 224 valence electrons. The number of halogens is 2. The van der Waals surface area contributed by atoms with Crippen LogP contribution >= 0.6 is 0 Å². The van der Waals surface area contributed by atoms with Gasteiger partial charge in [-0.25, -0.2) is 8.78 Å². The van der Waals surface area contributed by atoms with Crippen molar-refractivity contribution < 1.29 is 22.7 Å². The average molecular weight is 601 g/mol. The van der Waals surface area contributed by atoms with Crippen molar-refractivity contribution in [3.8, 4) is 0 Å². The Hall–Kier alpha value is -3.72. The van der Waals surface area contributed by atoms with Crippen molar-refractivity contribution in [2.24, 2.45) is 0 Å². The van der Waals surface area contributed by atoms with E-state index in [1.54, 1.807) is 12.1 Å². The van der Waals surface area contributed by atoms with Gasteiger partial charge in [-0.3, -0.25) is 9.78 Å². The molecule has 5 nitrogen and oxygen atoms in total. The maximum absolute atomic E-state index is 16.3. The Morgan fingerprint density at radius 2 is 1.47 bits per heavy atom. The van der Waals surface area contributed by atoms with Crippen LogP contribution in [0.25, 0.3) is 0 Å². The molecule has 4 aromatic rings. The minimum absolute atomic E-state index is 0.0254. The largest absolute Gasteiger partial charge is 0.403 e. The number of benzene rings is 3. The maximum atomic E-state index is 16.3. The molecule has 0 aliphatic carbocycles. The zero-order valence-electron chi connectivity index (χ0n) is 25.3. The van der Waals surface area contributed by atoms with E-state index < -0.39 is 25.7 Å². The Labute approximate surface area is 253 Å². The summed E-state index contributed by atoms with van der Waals surface area (Å²) < 4.78 is 45.1. The number of hydrogen-bond acceptors (Lipinski definition) is 5. The third kappa shape index (κ3) is 6.05. The van der Waals surface area contributed by atoms with Crippen LogP contribution in [0.4, 0.5) is 14.5 Å². The maximum Gasteiger partial charge on any atom is 0.261 e. The summed E-state index contributed by atoms with van der Waals surface area (Å²) in [5.74, 6) is -2.94. The Kier molecular flexibility index (Phi) is 8.92. The Morgan fingerprint density at radius 3 is 1.98 bits per heavy atom. The van der Waals surface area contributed by atoms with Crippen LogP contribution in [0.15, 0.2) is 91.1 Å². The summed E-state index contributed by atoms with van der Waals surface area (Å²) in [6.45, 7) is 11.0. The van der Waals surface area contributed by atoms with Crippen molar-refractivity contribution in [1.82, 2.24) is 4.98 Å². The number of rotatable bonds is 8. The molecule has 1 saturated heterocycles. The predicted octanol–water partition coefficient (Wildman–Crippen LogP) is 6.28. The van der Waals surface area contributed by atoms with Gasteiger partial charge in [0, 0.05) is 24.8 Å². The first-order valence-corrected chi connectivity index (χ1v) is 16.6. The van der Waals surface area contributed by atoms with Gasteiger partial charge in [-0.05, 0) is 47.5 Å². The van der Waals surface area contributed by atoms with Crippen molar-refractivity contribution >= 4 is 30.2 Å². The number of aromatic nitrogens is 1. The molecule has 3 aromatic carbocycles. The zero-order chi connectivity index (χ0) is 30.8. The summed E-state index contributed by atoms with van der Waals surface area (Å²) in [4.78, 5) is 19.3. The minimum Gasteiger partial charge on any atom is -0.403 e. The van der Waals surface area contributed by atoms with Gasteiger partial charge in [0.15, 0.2) is 11.6 Å². The number of carbonyl (C=O) groups is 1. The highest BCUT2D eigenvalue weighted by molar-refractivity contribution is 6.99. The summed E-state index contributed by atoms with van der Waals surface area (Å²) >= 11 is 0. The number of carbonyl (C=O) groups excluding carboxylic acids is 1. The fourth-order valence-electron chi connectivity index (χ4n) is 6.23. The summed E-state index contributed by atoms with van der Waals surface area (Å²) in [5.41, 5.74) is 0.193. The van der Waals surface area contributed by atoms with E-state index in [4.69, 9.17) is 9.16 Å². The minimum atomic E-state index is -3.03. The molecule has 0 bridgehead atoms. The van der Waals surface area contributed by atoms with E-state index in [9.17, 15) is 4.79 Å². The quantitative estimate of drug-likeness (QED) is 0.176. The number of ether oxygens (including phenoxy) is 1. The van der Waals surface area contributed by atoms with E-state index >= 15 is 8.78 Å². The van der Waals surface area contributed by atoms with E-state index in [0.29, 0.717) is 18.7 Å². The number of pyridine rings is 1. The van der Waals surface area contributed by atoms with E-state index in [1.165, 1.54) is 18.3 Å². The molecule has 1 fully saturated rings. The second-order valence-corrected chi connectivity index (χ2v) is 16.5. The van der Waals surface area contributed by atoms with Crippen LogP contribution in [-0.4, -0.2) is 44.4 Å². The first kappa shape index (κ1) is 30.7. The van der Waals surface area contributed by atoms with Crippen LogP contribution < -0.4 is 15.3 Å². The van der Waals surface area contributed by atoms with Crippen LogP contribution in [-0.2, 0) is 15.8 Å². The predicted molar refractivity (Wildman–Crippen MR) is 169 cm³/mol. The first-order chi connectivity index (χ1) is 20.5. The molecule has 0 spiro atoms. The van der Waals surface area contributed by atoms with Gasteiger partial charge in [0.25, 0.3) is 8.32 Å². The summed E-state index contributed by atoms with van der Waals surface area (Å²) in [6.07, 6.45) is 1.08. The molecule has 1 aliphatic heterocycles. The lowest BCUT2D eigenvalue weighted by atomic mass is 10.0. The lowest BCUT2D eigenvalue weighted by Gasteiger charge is -2.43. The van der Waals surface area contributed by atoms with E-state index in [2.05, 4.69) is 50.0 Å². The molecule has 43 heavy (non-hydrogen) atoms. The van der Waals surface area contributed by atoms with Gasteiger partial charge in [-0.15, -0.1) is 0 Å². The standard InChI is InChI=1S/C35H38F2N2O3Si/c1-24-21-39(22-25(2)42-24)33-26(20-29(31(36)32(33)37)34(40)30-18-12-13-19-38-30)23-41-43(35(3,4)5,27-14-8-6-9-15-27)28-16-10-7-11-17-28/h6-20,24-25H,21-23H2,1-5H3. The van der Waals surface area contributed by atoms with Gasteiger partial charge in [0.2, 0.25) is 5.78 Å². The fraction of sp³-hybridized carbons (Fsp3) is 0.314. The second-order valence-electron chi connectivity index (χ2n) is 12.2. The Morgan fingerprint density at radius 1 is 0.907 bits per heavy atom. The van der Waals surface area contributed by atoms with E-state index in [0.717, 1.165) is 10.4 Å². The number of anilines is 1. The van der Waals surface area contributed by atoms with Gasteiger partial charge in [-0.1, -0.05) is 87.5 Å². The molecular weight excluding hydrogens is 562 g/mol. The summed E-state index contributed by atoms with van der Waals surface area (Å²) in [6, 6.07) is 26.5. The molecule has 5 rings (SSSR count). The van der Waals surface area contributed by atoms with Crippen molar-refractivity contribution in [2.75, 3.05) is 18.0 Å². The monoisotopic (exact) mass is 600 g/mol. The Balaban J connectivity index is 1.68. The summed E-state index contributed by atoms with van der Waals surface area (Å²) in [7, 11) is -3.03. The van der Waals surface area contributed by atoms with Gasteiger partial charge in [-0.2, -0.15) is 0 Å². The smallest absolute Gasteiger partial charge is 0.261 e. The zero-order valence-corrected chi connectivity index (χ0v) is 26.3. The molecule has 1 aromatic heterocycles. The highest BCUT2D eigenvalue weighted by Crippen LogP contribution is 2.39. The van der Waals surface area contributed by atoms with Crippen molar-refractivity contribution in [3.63, 3.8) is 0 Å². The number of nitrogens with zero attached hydrogens (tertiary/aromatic N) is 2. The summed E-state index contributed by atoms with van der Waals surface area (Å²) in [5, 5.41) is 1.80. The molecule has 8 heteroatoms. The SMILES string of the molecule is CC1CN(c2c(CO[Si](c3ccccc3)(c3ccccc3)C(C)(C)C)cc(C(=O)c3ccccn3)c(F)c2F)CC(C)O1. The molecule has 0 amide bonds. The second kappa shape index (κ2) is 12.5. The fourth-order valence-corrected chi connectivity index (χ4v) is 10.8. The molecule has 0 radical (unpaired) electrons. The van der Waals surface area contributed by atoms with E-state index in [1.807, 2.05) is 55.1 Å². The van der Waals surface area contributed by atoms with Crippen LogP contribution in [0.5, 0.6) is 0 Å². The van der Waals surface area contributed by atoms with Gasteiger partial charge in [0.1, 0.15) is 5.69 Å². The highest BCUT2D eigenvalue weighted by Gasteiger charge is 2.50. The number of ketones is 1. The number of morpholine rings is 1. The highest BCUT2D eigenvalue weighted by atomic mass is 28.4. The van der Waals surface area contributed by atoms with Crippen molar-refractivity contribution in [3.05, 3.63) is 120 Å². The molecular formula is C35H38F2N2O3Si. The normalized spacial score (nSPS) is 17.6. The van der Waals surface area contributed by atoms with Crippen LogP contribution in [0, 0.1) is 11.6 Å². The molecule has 0 saturated carbocycles. The van der Waals surface area contributed by atoms with Crippen molar-refractivity contribution in [2.45, 2.75) is 58.5 Å². The van der Waals surface area contributed by atoms with Gasteiger partial charge < -0.3 is 14.1 Å². The van der Waals surface area contributed by atoms with Gasteiger partial charge in [0.05, 0.1) is 30.1 Å². The molecule has 1 aliphatic rings. The van der Waals surface area contributed by atoms with E-state index in [-0.39, 0.29) is 40.8 Å². The third-order valence-electron chi connectivity index (χ3n) is 8.00. The number of hydrogen-bond donors (Lipinski definition) is 0. The molecule has 0 N–H and O–H groups in total. The van der Waals surface area contributed by atoms with Gasteiger partial charge >= 0.3 is 0 Å². The van der Waals surface area contributed by atoms with Crippen molar-refractivity contribution in [1.29, 1.82) is 0 Å². The third-order valence-corrected chi connectivity index (χ3v) is 13.0. The Bertz CT molecular complexity index is 1510. The lowest BCUT2D eigenvalue weighted by molar-refractivity contribution is -0.00553. The van der Waals surface area contributed by atoms with Crippen LogP contribution in [0.1, 0.15) is 56.2 Å². The topological polar surface area (TPSA) is 51.7 Å². The van der Waals surface area contributed by atoms with Crippen LogP contribution in [0.3, 0.4) is 0 Å². The molecule has 2 unspecified atom stereocenters. The average Bonchev–Trinajstić information content (AvgIpc) is 2.99. The molecule has 2 atom stereocenters. The molecule has 2 heterocycles. The van der Waals surface area contributed by atoms with Crippen LogP contribution in [0.2, 0.25) is 5.04 Å².